The highest BCUT2D eigenvalue weighted by atomic mass is 35.5. The van der Waals surface area contributed by atoms with Gasteiger partial charge in [0, 0.05) is 26.2 Å². The Morgan fingerprint density at radius 2 is 2.05 bits per heavy atom. The summed E-state index contributed by atoms with van der Waals surface area (Å²) in [5.41, 5.74) is 0. The van der Waals surface area contributed by atoms with Crippen molar-refractivity contribution in [3.8, 4) is 0 Å². The van der Waals surface area contributed by atoms with Crippen LogP contribution in [0.25, 0.3) is 0 Å². The minimum Gasteiger partial charge on any atom is -0.453 e. The molecule has 1 aromatic rings. The molecule has 1 saturated heterocycles. The summed E-state index contributed by atoms with van der Waals surface area (Å²) in [5, 5.41) is 3.63. The van der Waals surface area contributed by atoms with Crippen molar-refractivity contribution in [2.45, 2.75) is 38.3 Å². The second-order valence-corrected chi connectivity index (χ2v) is 6.12. The highest BCUT2D eigenvalue weighted by Gasteiger charge is 2.27. The molecule has 6 heteroatoms. The van der Waals surface area contributed by atoms with Crippen molar-refractivity contribution in [3.63, 3.8) is 0 Å². The third-order valence-electron chi connectivity index (χ3n) is 4.33. The van der Waals surface area contributed by atoms with Gasteiger partial charge in [0.15, 0.2) is 5.76 Å². The van der Waals surface area contributed by atoms with Crippen LogP contribution in [0, 0.1) is 5.92 Å². The van der Waals surface area contributed by atoms with Gasteiger partial charge in [0.05, 0.1) is 0 Å². The van der Waals surface area contributed by atoms with Crippen molar-refractivity contribution in [3.05, 3.63) is 23.7 Å². The van der Waals surface area contributed by atoms with Gasteiger partial charge in [0.2, 0.25) is 0 Å². The van der Waals surface area contributed by atoms with Crippen LogP contribution in [0.15, 0.2) is 16.5 Å². The lowest BCUT2D eigenvalue weighted by Crippen LogP contribution is -2.45. The number of hydrogen-bond donors (Lipinski definition) is 1. The maximum Gasteiger partial charge on any atom is 0.289 e. The van der Waals surface area contributed by atoms with Crippen molar-refractivity contribution in [2.24, 2.45) is 5.92 Å². The minimum atomic E-state index is -0.00186. The average molecular weight is 329 g/mol. The zero-order chi connectivity index (χ0) is 14.7. The van der Waals surface area contributed by atoms with E-state index in [4.69, 9.17) is 9.15 Å². The van der Waals surface area contributed by atoms with E-state index >= 15 is 0 Å². The highest BCUT2D eigenvalue weighted by molar-refractivity contribution is 5.91. The zero-order valence-electron chi connectivity index (χ0n) is 13.0. The third kappa shape index (κ3) is 4.48. The van der Waals surface area contributed by atoms with Crippen molar-refractivity contribution in [1.29, 1.82) is 0 Å². The van der Waals surface area contributed by atoms with Crippen LogP contribution in [0.2, 0.25) is 0 Å². The molecule has 0 bridgehead atoms. The number of carbonyl (C=O) groups excluding carboxylic acids is 1. The van der Waals surface area contributed by atoms with Gasteiger partial charge in [-0.2, -0.15) is 0 Å². The predicted octanol–water partition coefficient (Wildman–Crippen LogP) is 2.45. The van der Waals surface area contributed by atoms with Gasteiger partial charge in [-0.25, -0.2) is 0 Å². The molecule has 0 unspecified atom stereocenters. The number of amides is 1. The fourth-order valence-corrected chi connectivity index (χ4v) is 2.81. The van der Waals surface area contributed by atoms with Gasteiger partial charge in [-0.05, 0) is 50.3 Å². The number of hydrogen-bond acceptors (Lipinski definition) is 4. The first-order chi connectivity index (χ1) is 10.3. The van der Waals surface area contributed by atoms with E-state index in [1.165, 1.54) is 12.8 Å². The summed E-state index contributed by atoms with van der Waals surface area (Å²) in [5.74, 6) is 2.03. The number of piperidine rings is 1. The summed E-state index contributed by atoms with van der Waals surface area (Å²) in [6.07, 6.45) is 4.83. The number of carbonyl (C=O) groups is 1. The summed E-state index contributed by atoms with van der Waals surface area (Å²) in [6, 6.07) is 4.12. The summed E-state index contributed by atoms with van der Waals surface area (Å²) >= 11 is 0. The van der Waals surface area contributed by atoms with E-state index in [9.17, 15) is 4.79 Å². The van der Waals surface area contributed by atoms with E-state index in [2.05, 4.69) is 5.32 Å². The van der Waals surface area contributed by atoms with E-state index in [0.717, 1.165) is 38.4 Å². The van der Waals surface area contributed by atoms with Crippen LogP contribution in [0.1, 0.15) is 42.0 Å². The Morgan fingerprint density at radius 3 is 2.68 bits per heavy atom. The summed E-state index contributed by atoms with van der Waals surface area (Å²) in [6.45, 7) is 3.17. The van der Waals surface area contributed by atoms with Gasteiger partial charge in [0.1, 0.15) is 12.4 Å². The van der Waals surface area contributed by atoms with Crippen molar-refractivity contribution < 1.29 is 13.9 Å². The van der Waals surface area contributed by atoms with Crippen molar-refractivity contribution in [2.75, 3.05) is 26.7 Å². The molecule has 1 amide bonds. The van der Waals surface area contributed by atoms with Crippen molar-refractivity contribution >= 4 is 18.3 Å². The number of nitrogens with zero attached hydrogens (tertiary/aromatic N) is 1. The Kier molecular flexibility index (Phi) is 6.29. The summed E-state index contributed by atoms with van der Waals surface area (Å²) in [4.78, 5) is 14.3. The average Bonchev–Trinajstić information content (AvgIpc) is 3.23. The second kappa shape index (κ2) is 7.99. The molecule has 1 aliphatic heterocycles. The number of ether oxygens (including phenoxy) is 1. The van der Waals surface area contributed by atoms with Crippen LogP contribution in [0.4, 0.5) is 0 Å². The number of methoxy groups -OCH3 is 1. The first kappa shape index (κ1) is 17.3. The second-order valence-electron chi connectivity index (χ2n) is 6.12. The summed E-state index contributed by atoms with van der Waals surface area (Å²) in [7, 11) is 1.61. The fourth-order valence-electron chi connectivity index (χ4n) is 2.81. The SMILES string of the molecule is COCc1ccc(C(=O)N2CCC(NCC3CC3)CC2)o1.Cl. The smallest absolute Gasteiger partial charge is 0.289 e. The molecule has 1 saturated carbocycles. The largest absolute Gasteiger partial charge is 0.453 e. The number of rotatable bonds is 6. The van der Waals surface area contributed by atoms with Crippen LogP contribution in [0.3, 0.4) is 0 Å². The van der Waals surface area contributed by atoms with Crippen LogP contribution in [0.5, 0.6) is 0 Å². The number of halogens is 1. The lowest BCUT2D eigenvalue weighted by atomic mass is 10.0. The van der Waals surface area contributed by atoms with Gasteiger partial charge in [-0.3, -0.25) is 4.79 Å². The quantitative estimate of drug-likeness (QED) is 0.871. The molecule has 3 rings (SSSR count). The van der Waals surface area contributed by atoms with Gasteiger partial charge in [-0.1, -0.05) is 0 Å². The van der Waals surface area contributed by atoms with Crippen LogP contribution in [-0.4, -0.2) is 43.6 Å². The maximum atomic E-state index is 12.4. The molecule has 2 fully saturated rings. The van der Waals surface area contributed by atoms with Crippen molar-refractivity contribution in [1.82, 2.24) is 10.2 Å². The topological polar surface area (TPSA) is 54.7 Å². The standard InChI is InChI=1S/C16H24N2O3.ClH/c1-20-11-14-4-5-15(21-14)16(19)18-8-6-13(7-9-18)17-10-12-2-3-12;/h4-5,12-13,17H,2-3,6-11H2,1H3;1H. The van der Waals surface area contributed by atoms with Crippen LogP contribution >= 0.6 is 12.4 Å². The van der Waals surface area contributed by atoms with Gasteiger partial charge in [-0.15, -0.1) is 12.4 Å². The maximum absolute atomic E-state index is 12.4. The Hall–Kier alpha value is -1.04. The predicted molar refractivity (Wildman–Crippen MR) is 86.3 cm³/mol. The molecule has 0 radical (unpaired) electrons. The van der Waals surface area contributed by atoms with E-state index < -0.39 is 0 Å². The molecule has 0 aromatic carbocycles. The van der Waals surface area contributed by atoms with Crippen LogP contribution in [-0.2, 0) is 11.3 Å². The molecule has 1 N–H and O–H groups in total. The normalized spacial score (nSPS) is 19.0. The Balaban J connectivity index is 0.00000176. The monoisotopic (exact) mass is 328 g/mol. The van der Waals surface area contributed by atoms with Gasteiger partial charge >= 0.3 is 0 Å². The first-order valence-electron chi connectivity index (χ1n) is 7.86. The van der Waals surface area contributed by atoms with E-state index in [1.807, 2.05) is 4.90 Å². The molecular weight excluding hydrogens is 304 g/mol. The van der Waals surface area contributed by atoms with Gasteiger partial charge in [0.25, 0.3) is 5.91 Å². The lowest BCUT2D eigenvalue weighted by Gasteiger charge is -2.32. The molecule has 22 heavy (non-hydrogen) atoms. The van der Waals surface area contributed by atoms with E-state index in [-0.39, 0.29) is 18.3 Å². The number of nitrogens with one attached hydrogen (secondary N) is 1. The molecule has 5 nitrogen and oxygen atoms in total. The summed E-state index contributed by atoms with van der Waals surface area (Å²) < 4.78 is 10.5. The number of likely N-dealkylation sites (tertiary alicyclic amines) is 1. The molecule has 2 heterocycles. The Morgan fingerprint density at radius 1 is 1.32 bits per heavy atom. The Labute approximate surface area is 137 Å². The fraction of sp³-hybridized carbons (Fsp3) is 0.688. The number of furan rings is 1. The molecule has 1 aliphatic carbocycles. The third-order valence-corrected chi connectivity index (χ3v) is 4.33. The minimum absolute atomic E-state index is 0. The van der Waals surface area contributed by atoms with E-state index in [1.54, 1.807) is 19.2 Å². The molecule has 2 aliphatic rings. The molecule has 1 aromatic heterocycles. The molecule has 0 atom stereocenters. The Bertz CT molecular complexity index is 479. The molecule has 0 spiro atoms. The first-order valence-corrected chi connectivity index (χ1v) is 7.86. The zero-order valence-corrected chi connectivity index (χ0v) is 13.9. The van der Waals surface area contributed by atoms with Crippen LogP contribution < -0.4 is 5.32 Å². The highest BCUT2D eigenvalue weighted by Crippen LogP contribution is 2.28. The lowest BCUT2D eigenvalue weighted by molar-refractivity contribution is 0.0665. The molecule has 124 valence electrons. The van der Waals surface area contributed by atoms with Gasteiger partial charge < -0.3 is 19.4 Å². The molecular formula is C16H25ClN2O3. The van der Waals surface area contributed by atoms with E-state index in [0.29, 0.717) is 24.2 Å².